The van der Waals surface area contributed by atoms with Crippen LogP contribution in [0.3, 0.4) is 0 Å². The average molecular weight is 268 g/mol. The van der Waals surface area contributed by atoms with Crippen LogP contribution >= 0.6 is 0 Å². The van der Waals surface area contributed by atoms with Gasteiger partial charge in [-0.05, 0) is 71.5 Å². The summed E-state index contributed by atoms with van der Waals surface area (Å²) in [5.41, 5.74) is 0. The van der Waals surface area contributed by atoms with Crippen molar-refractivity contribution in [3.63, 3.8) is 0 Å². The van der Waals surface area contributed by atoms with Crippen molar-refractivity contribution in [2.75, 3.05) is 20.1 Å². The van der Waals surface area contributed by atoms with Gasteiger partial charge in [0.25, 0.3) is 0 Å². The van der Waals surface area contributed by atoms with Crippen LogP contribution < -0.4 is 5.32 Å². The van der Waals surface area contributed by atoms with Gasteiger partial charge in [-0.3, -0.25) is 0 Å². The maximum Gasteiger partial charge on any atom is 0.00697 e. The first-order valence-corrected chi connectivity index (χ1v) is 8.42. The third-order valence-corrected chi connectivity index (χ3v) is 4.59. The van der Waals surface area contributed by atoms with Crippen LogP contribution in [-0.4, -0.2) is 37.1 Å². The third kappa shape index (κ3) is 7.31. The van der Waals surface area contributed by atoms with Crippen molar-refractivity contribution in [3.8, 4) is 0 Å². The van der Waals surface area contributed by atoms with E-state index in [0.29, 0.717) is 6.04 Å². The van der Waals surface area contributed by atoms with Gasteiger partial charge in [0.2, 0.25) is 0 Å². The Morgan fingerprint density at radius 3 is 2.53 bits per heavy atom. The molecule has 0 radical (unpaired) electrons. The SMILES string of the molecule is CC(C)CC1CCCC(NCCCN(C)C(C)C)C1. The summed E-state index contributed by atoms with van der Waals surface area (Å²) in [7, 11) is 2.23. The van der Waals surface area contributed by atoms with Crippen LogP contribution in [0.2, 0.25) is 0 Å². The Balaban J connectivity index is 2.12. The van der Waals surface area contributed by atoms with Gasteiger partial charge < -0.3 is 10.2 Å². The van der Waals surface area contributed by atoms with Gasteiger partial charge in [-0.25, -0.2) is 0 Å². The fraction of sp³-hybridized carbons (Fsp3) is 1.00. The Morgan fingerprint density at radius 2 is 1.89 bits per heavy atom. The van der Waals surface area contributed by atoms with Gasteiger partial charge in [0.05, 0.1) is 0 Å². The summed E-state index contributed by atoms with van der Waals surface area (Å²) in [6.45, 7) is 11.7. The predicted molar refractivity (Wildman–Crippen MR) is 85.6 cm³/mol. The van der Waals surface area contributed by atoms with Crippen LogP contribution in [0.1, 0.15) is 66.2 Å². The van der Waals surface area contributed by atoms with Crippen molar-refractivity contribution < 1.29 is 0 Å². The second-order valence-corrected chi connectivity index (χ2v) is 7.24. The second-order valence-electron chi connectivity index (χ2n) is 7.24. The molecule has 1 rings (SSSR count). The minimum absolute atomic E-state index is 0.671. The molecule has 114 valence electrons. The minimum Gasteiger partial charge on any atom is -0.314 e. The van der Waals surface area contributed by atoms with Gasteiger partial charge in [-0.1, -0.05) is 26.7 Å². The van der Waals surface area contributed by atoms with Crippen LogP contribution in [-0.2, 0) is 0 Å². The van der Waals surface area contributed by atoms with E-state index in [9.17, 15) is 0 Å². The van der Waals surface area contributed by atoms with Crippen molar-refractivity contribution in [2.45, 2.75) is 78.3 Å². The zero-order valence-electron chi connectivity index (χ0n) is 13.9. The summed E-state index contributed by atoms with van der Waals surface area (Å²) in [5.74, 6) is 1.84. The van der Waals surface area contributed by atoms with E-state index in [2.05, 4.69) is 45.0 Å². The van der Waals surface area contributed by atoms with Crippen LogP contribution in [0.15, 0.2) is 0 Å². The molecule has 1 N–H and O–H groups in total. The Hall–Kier alpha value is -0.0800. The quantitative estimate of drug-likeness (QED) is 0.671. The zero-order chi connectivity index (χ0) is 14.3. The summed E-state index contributed by atoms with van der Waals surface area (Å²) in [6.07, 6.45) is 8.41. The zero-order valence-corrected chi connectivity index (χ0v) is 13.9. The number of nitrogens with zero attached hydrogens (tertiary/aromatic N) is 1. The molecule has 0 spiro atoms. The van der Waals surface area contributed by atoms with Crippen LogP contribution in [0, 0.1) is 11.8 Å². The van der Waals surface area contributed by atoms with E-state index < -0.39 is 0 Å². The molecule has 19 heavy (non-hydrogen) atoms. The molecular formula is C17H36N2. The lowest BCUT2D eigenvalue weighted by molar-refractivity contribution is 0.241. The molecule has 2 unspecified atom stereocenters. The van der Waals surface area contributed by atoms with E-state index in [-0.39, 0.29) is 0 Å². The highest BCUT2D eigenvalue weighted by atomic mass is 15.1. The molecule has 2 nitrogen and oxygen atoms in total. The first kappa shape index (κ1) is 17.0. The summed E-state index contributed by atoms with van der Waals surface area (Å²) in [4.78, 5) is 2.43. The lowest BCUT2D eigenvalue weighted by Crippen LogP contribution is -2.36. The van der Waals surface area contributed by atoms with Gasteiger partial charge in [0, 0.05) is 12.1 Å². The highest BCUT2D eigenvalue weighted by Crippen LogP contribution is 2.29. The largest absolute Gasteiger partial charge is 0.314 e. The monoisotopic (exact) mass is 268 g/mol. The Morgan fingerprint density at radius 1 is 1.16 bits per heavy atom. The second kappa shape index (κ2) is 8.97. The normalized spacial score (nSPS) is 24.6. The standard InChI is InChI=1S/C17H36N2/c1-14(2)12-16-8-6-9-17(13-16)18-10-7-11-19(5)15(3)4/h14-18H,6-13H2,1-5H3. The minimum atomic E-state index is 0.671. The van der Waals surface area contributed by atoms with Crippen LogP contribution in [0.25, 0.3) is 0 Å². The van der Waals surface area contributed by atoms with E-state index in [1.807, 2.05) is 0 Å². The lowest BCUT2D eigenvalue weighted by atomic mass is 9.81. The molecule has 1 aliphatic carbocycles. The Labute approximate surface area is 121 Å². The van der Waals surface area contributed by atoms with Gasteiger partial charge in [-0.2, -0.15) is 0 Å². The molecule has 1 aliphatic rings. The summed E-state index contributed by atoms with van der Waals surface area (Å²) >= 11 is 0. The van der Waals surface area contributed by atoms with Crippen molar-refractivity contribution in [3.05, 3.63) is 0 Å². The predicted octanol–water partition coefficient (Wildman–Crippen LogP) is 3.91. The maximum atomic E-state index is 3.79. The van der Waals surface area contributed by atoms with Crippen molar-refractivity contribution in [2.24, 2.45) is 11.8 Å². The molecule has 0 heterocycles. The molecular weight excluding hydrogens is 232 g/mol. The summed E-state index contributed by atoms with van der Waals surface area (Å²) < 4.78 is 0. The van der Waals surface area contributed by atoms with Crippen molar-refractivity contribution >= 4 is 0 Å². The number of hydrogen-bond donors (Lipinski definition) is 1. The summed E-state index contributed by atoms with van der Waals surface area (Å²) in [6, 6.07) is 1.46. The topological polar surface area (TPSA) is 15.3 Å². The maximum absolute atomic E-state index is 3.79. The average Bonchev–Trinajstić information content (AvgIpc) is 2.34. The fourth-order valence-electron chi connectivity index (χ4n) is 3.25. The molecule has 0 aromatic rings. The van der Waals surface area contributed by atoms with E-state index in [4.69, 9.17) is 0 Å². The number of hydrogen-bond acceptors (Lipinski definition) is 2. The highest BCUT2D eigenvalue weighted by Gasteiger charge is 2.21. The van der Waals surface area contributed by atoms with E-state index in [1.165, 1.54) is 51.6 Å². The van der Waals surface area contributed by atoms with E-state index in [1.54, 1.807) is 0 Å². The van der Waals surface area contributed by atoms with Gasteiger partial charge in [0.1, 0.15) is 0 Å². The molecule has 0 aromatic heterocycles. The molecule has 2 atom stereocenters. The molecule has 0 amide bonds. The molecule has 0 aromatic carbocycles. The van der Waals surface area contributed by atoms with Gasteiger partial charge in [-0.15, -0.1) is 0 Å². The molecule has 1 fully saturated rings. The summed E-state index contributed by atoms with van der Waals surface area (Å²) in [5, 5.41) is 3.79. The smallest absolute Gasteiger partial charge is 0.00697 e. The Kier molecular flexibility index (Phi) is 8.01. The molecule has 0 bridgehead atoms. The third-order valence-electron chi connectivity index (χ3n) is 4.59. The number of nitrogens with one attached hydrogen (secondary N) is 1. The molecule has 2 heteroatoms. The van der Waals surface area contributed by atoms with Crippen LogP contribution in [0.5, 0.6) is 0 Å². The van der Waals surface area contributed by atoms with E-state index in [0.717, 1.165) is 17.9 Å². The fourth-order valence-corrected chi connectivity index (χ4v) is 3.25. The van der Waals surface area contributed by atoms with Crippen LogP contribution in [0.4, 0.5) is 0 Å². The van der Waals surface area contributed by atoms with Crippen molar-refractivity contribution in [1.82, 2.24) is 10.2 Å². The van der Waals surface area contributed by atoms with Gasteiger partial charge >= 0.3 is 0 Å². The highest BCUT2D eigenvalue weighted by molar-refractivity contribution is 4.78. The molecule has 0 saturated heterocycles. The van der Waals surface area contributed by atoms with Gasteiger partial charge in [0.15, 0.2) is 0 Å². The molecule has 0 aliphatic heterocycles. The van der Waals surface area contributed by atoms with E-state index >= 15 is 0 Å². The van der Waals surface area contributed by atoms with Crippen molar-refractivity contribution in [1.29, 1.82) is 0 Å². The molecule has 1 saturated carbocycles. The number of rotatable bonds is 8. The first-order chi connectivity index (χ1) is 8.99. The first-order valence-electron chi connectivity index (χ1n) is 8.42. The Bertz CT molecular complexity index is 225. The lowest BCUT2D eigenvalue weighted by Gasteiger charge is -2.31.